The molecule has 1 aromatic rings. The van der Waals surface area contributed by atoms with Crippen molar-refractivity contribution < 1.29 is 19.1 Å². The molecule has 0 radical (unpaired) electrons. The average Bonchev–Trinajstić information content (AvgIpc) is 2.80. The van der Waals surface area contributed by atoms with Gasteiger partial charge in [-0.15, -0.1) is 0 Å². The number of hydrogen-bond acceptors (Lipinski definition) is 5. The number of likely N-dealkylation sites (N-methyl/N-ethyl adjacent to an activating group) is 1. The van der Waals surface area contributed by atoms with Crippen LogP contribution in [0.5, 0.6) is 5.75 Å². The summed E-state index contributed by atoms with van der Waals surface area (Å²) in [6.45, 7) is 2.11. The first kappa shape index (κ1) is 19.6. The Kier molecular flexibility index (Phi) is 6.51. The van der Waals surface area contributed by atoms with Gasteiger partial charge in [0, 0.05) is 32.7 Å². The molecule has 1 unspecified atom stereocenters. The van der Waals surface area contributed by atoms with Crippen molar-refractivity contribution in [3.63, 3.8) is 0 Å². The van der Waals surface area contributed by atoms with Crippen molar-refractivity contribution in [1.82, 2.24) is 15.1 Å². The lowest BCUT2D eigenvalue weighted by Crippen LogP contribution is -2.42. The number of anilines is 1. The minimum absolute atomic E-state index is 0.0323. The number of hydrogen-bond donors (Lipinski definition) is 2. The van der Waals surface area contributed by atoms with Gasteiger partial charge >= 0.3 is 0 Å². The zero-order chi connectivity index (χ0) is 19.3. The summed E-state index contributed by atoms with van der Waals surface area (Å²) in [5, 5.41) is 5.77. The summed E-state index contributed by atoms with van der Waals surface area (Å²) in [6.07, 6.45) is -0.0323. The number of carbonyl (C=O) groups is 3. The lowest BCUT2D eigenvalue weighted by atomic mass is 10.1. The third-order valence-electron chi connectivity index (χ3n) is 4.00. The Morgan fingerprint density at radius 3 is 2.50 bits per heavy atom. The molecule has 1 aliphatic rings. The van der Waals surface area contributed by atoms with Gasteiger partial charge in [0.25, 0.3) is 5.91 Å². The van der Waals surface area contributed by atoms with E-state index in [-0.39, 0.29) is 24.1 Å². The maximum Gasteiger partial charge on any atom is 0.251 e. The second-order valence-corrected chi connectivity index (χ2v) is 6.22. The number of carbonyl (C=O) groups excluding carboxylic acids is 3. The predicted molar refractivity (Wildman–Crippen MR) is 101 cm³/mol. The molecule has 1 fully saturated rings. The van der Waals surface area contributed by atoms with E-state index in [0.29, 0.717) is 29.6 Å². The molecule has 2 rings (SSSR count). The van der Waals surface area contributed by atoms with E-state index >= 15 is 0 Å². The summed E-state index contributed by atoms with van der Waals surface area (Å²) < 4.78 is 5.07. The van der Waals surface area contributed by atoms with Crippen LogP contribution in [0.1, 0.15) is 13.3 Å². The van der Waals surface area contributed by atoms with Gasteiger partial charge in [0.1, 0.15) is 11.8 Å². The Morgan fingerprint density at radius 2 is 1.92 bits per heavy atom. The number of nitrogens with zero attached hydrogens (tertiary/aromatic N) is 2. The highest BCUT2D eigenvalue weighted by atomic mass is 32.1. The van der Waals surface area contributed by atoms with E-state index in [9.17, 15) is 14.4 Å². The number of benzene rings is 1. The highest BCUT2D eigenvalue weighted by molar-refractivity contribution is 7.80. The molecule has 0 aliphatic carbocycles. The van der Waals surface area contributed by atoms with E-state index in [1.54, 1.807) is 43.3 Å². The van der Waals surface area contributed by atoms with E-state index in [1.807, 2.05) is 0 Å². The van der Waals surface area contributed by atoms with Gasteiger partial charge in [-0.2, -0.15) is 0 Å². The lowest BCUT2D eigenvalue weighted by molar-refractivity contribution is -0.130. The van der Waals surface area contributed by atoms with Crippen LogP contribution in [0.2, 0.25) is 0 Å². The lowest BCUT2D eigenvalue weighted by Gasteiger charge is -2.23. The Balaban J connectivity index is 2.00. The number of nitrogens with one attached hydrogen (secondary N) is 2. The molecule has 140 valence electrons. The molecule has 8 nitrogen and oxygen atoms in total. The third-order valence-corrected chi connectivity index (χ3v) is 4.51. The molecular formula is C17H22N4O4S. The normalized spacial score (nSPS) is 16.7. The first-order valence-corrected chi connectivity index (χ1v) is 8.50. The number of methoxy groups -OCH3 is 1. The summed E-state index contributed by atoms with van der Waals surface area (Å²) in [6, 6.07) is 6.23. The average molecular weight is 378 g/mol. The van der Waals surface area contributed by atoms with Gasteiger partial charge in [0.2, 0.25) is 11.8 Å². The molecule has 0 bridgehead atoms. The minimum atomic E-state index is -0.681. The molecule has 0 saturated carbocycles. The van der Waals surface area contributed by atoms with Gasteiger partial charge in [-0.25, -0.2) is 0 Å². The van der Waals surface area contributed by atoms with E-state index in [1.165, 1.54) is 11.8 Å². The summed E-state index contributed by atoms with van der Waals surface area (Å²) in [5.74, 6) is -0.00691. The van der Waals surface area contributed by atoms with Crippen LogP contribution in [0.25, 0.3) is 0 Å². The van der Waals surface area contributed by atoms with E-state index in [0.717, 1.165) is 0 Å². The highest BCUT2D eigenvalue weighted by Gasteiger charge is 2.41. The van der Waals surface area contributed by atoms with Crippen molar-refractivity contribution in [2.45, 2.75) is 19.4 Å². The first-order chi connectivity index (χ1) is 12.3. The molecule has 1 saturated heterocycles. The largest absolute Gasteiger partial charge is 0.497 e. The number of amides is 3. The van der Waals surface area contributed by atoms with Gasteiger partial charge in [-0.3, -0.25) is 19.3 Å². The Bertz CT molecular complexity index is 707. The number of ether oxygens (including phenoxy) is 1. The highest BCUT2D eigenvalue weighted by Crippen LogP contribution is 2.20. The summed E-state index contributed by atoms with van der Waals surface area (Å²) in [4.78, 5) is 38.8. The Morgan fingerprint density at radius 1 is 1.27 bits per heavy atom. The quantitative estimate of drug-likeness (QED) is 0.675. The molecule has 1 atom stereocenters. The van der Waals surface area contributed by atoms with E-state index in [4.69, 9.17) is 17.0 Å². The minimum Gasteiger partial charge on any atom is -0.497 e. The van der Waals surface area contributed by atoms with Crippen LogP contribution in [0.15, 0.2) is 24.3 Å². The monoisotopic (exact) mass is 378 g/mol. The summed E-state index contributed by atoms with van der Waals surface area (Å²) >= 11 is 5.28. The molecular weight excluding hydrogens is 356 g/mol. The van der Waals surface area contributed by atoms with Crippen LogP contribution in [0, 0.1) is 0 Å². The molecule has 1 aromatic carbocycles. The molecule has 2 N–H and O–H groups in total. The Labute approximate surface area is 157 Å². The molecule has 3 amide bonds. The molecule has 26 heavy (non-hydrogen) atoms. The van der Waals surface area contributed by atoms with Crippen molar-refractivity contribution in [2.75, 3.05) is 32.6 Å². The zero-order valence-electron chi connectivity index (χ0n) is 14.9. The van der Waals surface area contributed by atoms with Gasteiger partial charge in [-0.05, 0) is 36.5 Å². The smallest absolute Gasteiger partial charge is 0.251 e. The van der Waals surface area contributed by atoms with E-state index in [2.05, 4.69) is 10.6 Å². The fourth-order valence-corrected chi connectivity index (χ4v) is 2.95. The van der Waals surface area contributed by atoms with Crippen molar-refractivity contribution >= 4 is 40.7 Å². The van der Waals surface area contributed by atoms with Gasteiger partial charge < -0.3 is 20.3 Å². The van der Waals surface area contributed by atoms with Crippen molar-refractivity contribution in [1.29, 1.82) is 0 Å². The van der Waals surface area contributed by atoms with Crippen LogP contribution in [-0.2, 0) is 14.4 Å². The zero-order valence-corrected chi connectivity index (χ0v) is 15.8. The number of rotatable bonds is 7. The molecule has 1 aliphatic heterocycles. The third kappa shape index (κ3) is 4.69. The van der Waals surface area contributed by atoms with E-state index < -0.39 is 6.04 Å². The van der Waals surface area contributed by atoms with Crippen LogP contribution >= 0.6 is 12.2 Å². The van der Waals surface area contributed by atoms with Crippen LogP contribution < -0.4 is 15.4 Å². The molecule has 0 aromatic heterocycles. The maximum absolute atomic E-state index is 12.4. The first-order valence-electron chi connectivity index (χ1n) is 8.10. The van der Waals surface area contributed by atoms with Gasteiger partial charge in [-0.1, -0.05) is 0 Å². The van der Waals surface area contributed by atoms with Crippen LogP contribution in [-0.4, -0.2) is 65.9 Å². The van der Waals surface area contributed by atoms with Crippen LogP contribution in [0.4, 0.5) is 5.69 Å². The second-order valence-electron chi connectivity index (χ2n) is 5.85. The van der Waals surface area contributed by atoms with Crippen LogP contribution in [0.3, 0.4) is 0 Å². The van der Waals surface area contributed by atoms with Crippen molar-refractivity contribution in [3.05, 3.63) is 24.3 Å². The fraction of sp³-hybridized carbons (Fsp3) is 0.412. The second kappa shape index (κ2) is 8.61. The standard InChI is InChI=1S/C17H22N4O4S/c1-11(22)18-8-9-21-14(16(24)20(2)17(21)26)10-15(23)19-12-4-6-13(25-3)7-5-12/h4-7,14H,8-10H2,1-3H3,(H,18,22)(H,19,23). The summed E-state index contributed by atoms with van der Waals surface area (Å²) in [5.41, 5.74) is 0.613. The predicted octanol–water partition coefficient (Wildman–Crippen LogP) is 0.587. The van der Waals surface area contributed by atoms with Crippen molar-refractivity contribution in [3.8, 4) is 5.75 Å². The van der Waals surface area contributed by atoms with Gasteiger partial charge in [0.05, 0.1) is 13.5 Å². The maximum atomic E-state index is 12.4. The van der Waals surface area contributed by atoms with Gasteiger partial charge in [0.15, 0.2) is 5.11 Å². The number of thiocarbonyl (C=S) groups is 1. The topological polar surface area (TPSA) is 91.0 Å². The fourth-order valence-electron chi connectivity index (χ4n) is 2.64. The molecule has 0 spiro atoms. The summed E-state index contributed by atoms with van der Waals surface area (Å²) in [7, 11) is 3.14. The molecule has 9 heteroatoms. The Hall–Kier alpha value is -2.68. The molecule has 1 heterocycles. The van der Waals surface area contributed by atoms with Crippen molar-refractivity contribution in [2.24, 2.45) is 0 Å². The SMILES string of the molecule is COc1ccc(NC(=O)CC2C(=O)N(C)C(=S)N2CCNC(C)=O)cc1.